The van der Waals surface area contributed by atoms with E-state index in [9.17, 15) is 8.78 Å². The van der Waals surface area contributed by atoms with Gasteiger partial charge in [0.25, 0.3) is 0 Å². The highest BCUT2D eigenvalue weighted by molar-refractivity contribution is 6.73. The molecule has 3 nitrogen and oxygen atoms in total. The van der Waals surface area contributed by atoms with Gasteiger partial charge in [0.15, 0.2) is 8.32 Å². The van der Waals surface area contributed by atoms with Crippen LogP contribution in [0.25, 0.3) is 0 Å². The third-order valence-corrected chi connectivity index (χ3v) is 10.4. The van der Waals surface area contributed by atoms with E-state index in [4.69, 9.17) is 4.43 Å². The number of rotatable bonds is 10. The zero-order valence-corrected chi connectivity index (χ0v) is 18.7. The zero-order chi connectivity index (χ0) is 20.7. The summed E-state index contributed by atoms with van der Waals surface area (Å²) in [5, 5.41) is 0. The van der Waals surface area contributed by atoms with Crippen molar-refractivity contribution in [3.05, 3.63) is 58.7 Å². The van der Waals surface area contributed by atoms with Crippen LogP contribution in [0.15, 0.2) is 24.5 Å². The van der Waals surface area contributed by atoms with Gasteiger partial charge in [-0.1, -0.05) is 20.8 Å². The molecule has 6 heteroatoms. The van der Waals surface area contributed by atoms with Crippen molar-refractivity contribution in [2.45, 2.75) is 78.1 Å². The first-order chi connectivity index (χ1) is 13.3. The summed E-state index contributed by atoms with van der Waals surface area (Å²) in [6, 6.07) is 6.92. The molecule has 0 saturated carbocycles. The van der Waals surface area contributed by atoms with Crippen LogP contribution in [-0.4, -0.2) is 18.3 Å². The summed E-state index contributed by atoms with van der Waals surface area (Å²) in [6.45, 7) is 10.6. The Morgan fingerprint density at radius 2 is 1.46 bits per heavy atom. The number of halogens is 2. The van der Waals surface area contributed by atoms with Gasteiger partial charge in [-0.25, -0.2) is 18.7 Å². The minimum atomic E-state index is -1.83. The number of hydrogen-bond acceptors (Lipinski definition) is 3. The number of hydrogen-bond donors (Lipinski definition) is 0. The fourth-order valence-electron chi connectivity index (χ4n) is 3.88. The quantitative estimate of drug-likeness (QED) is 0.425. The van der Waals surface area contributed by atoms with E-state index in [1.54, 1.807) is 6.33 Å². The van der Waals surface area contributed by atoms with Gasteiger partial charge in [-0.2, -0.15) is 0 Å². The minimum Gasteiger partial charge on any atom is -0.410 e. The summed E-state index contributed by atoms with van der Waals surface area (Å²) < 4.78 is 33.8. The summed E-state index contributed by atoms with van der Waals surface area (Å²) in [4.78, 5) is 8.77. The van der Waals surface area contributed by atoms with Crippen LogP contribution < -0.4 is 0 Å². The molecule has 28 heavy (non-hydrogen) atoms. The third-order valence-electron chi connectivity index (χ3n) is 5.78. The average molecular weight is 407 g/mol. The van der Waals surface area contributed by atoms with Crippen molar-refractivity contribution >= 4 is 8.32 Å². The summed E-state index contributed by atoms with van der Waals surface area (Å²) in [7, 11) is -1.83. The Labute approximate surface area is 168 Å². The van der Waals surface area contributed by atoms with Crippen molar-refractivity contribution in [2.75, 3.05) is 0 Å². The second kappa shape index (κ2) is 10.2. The van der Waals surface area contributed by atoms with Crippen molar-refractivity contribution in [3.63, 3.8) is 0 Å². The molecule has 0 aliphatic heterocycles. The molecule has 0 saturated heterocycles. The molecule has 154 valence electrons. The van der Waals surface area contributed by atoms with Crippen LogP contribution in [0.5, 0.6) is 0 Å². The molecule has 0 fully saturated rings. The van der Waals surface area contributed by atoms with Gasteiger partial charge in [0, 0.05) is 23.0 Å². The van der Waals surface area contributed by atoms with Gasteiger partial charge in [0.2, 0.25) is 0 Å². The first kappa shape index (κ1) is 22.6. The first-order valence-electron chi connectivity index (χ1n) is 10.2. The van der Waals surface area contributed by atoms with Crippen LogP contribution in [0.3, 0.4) is 0 Å². The number of benzene rings is 1. The van der Waals surface area contributed by atoms with Crippen LogP contribution in [0.2, 0.25) is 18.1 Å². The van der Waals surface area contributed by atoms with Gasteiger partial charge in [0.1, 0.15) is 18.0 Å². The summed E-state index contributed by atoms with van der Waals surface area (Å²) in [5.41, 5.74) is 3.64. The summed E-state index contributed by atoms with van der Waals surface area (Å²) >= 11 is 0. The minimum absolute atomic E-state index is 0.0777. The molecular formula is C22H32F2N2OSi. The lowest BCUT2D eigenvalue weighted by molar-refractivity contribution is 0.174. The van der Waals surface area contributed by atoms with E-state index in [1.807, 2.05) is 13.8 Å². The van der Waals surface area contributed by atoms with Crippen molar-refractivity contribution < 1.29 is 13.2 Å². The highest BCUT2D eigenvalue weighted by Gasteiger charge is 2.33. The smallest absolute Gasteiger partial charge is 0.192 e. The molecule has 0 spiro atoms. The fourth-order valence-corrected chi connectivity index (χ4v) is 6.72. The lowest BCUT2D eigenvalue weighted by Gasteiger charge is -2.34. The van der Waals surface area contributed by atoms with Gasteiger partial charge in [-0.15, -0.1) is 0 Å². The SMILES string of the molecule is CC[Si](CC)(CC)OC(CCCc1cc(F)cc(F)c1)c1c(C)ncnc1C. The normalized spacial score (nSPS) is 13.0. The molecule has 1 heterocycles. The predicted octanol–water partition coefficient (Wildman–Crippen LogP) is 6.46. The highest BCUT2D eigenvalue weighted by Crippen LogP contribution is 2.35. The Kier molecular flexibility index (Phi) is 8.25. The maximum absolute atomic E-state index is 13.5. The van der Waals surface area contributed by atoms with Crippen LogP contribution >= 0.6 is 0 Å². The lowest BCUT2D eigenvalue weighted by atomic mass is 9.99. The standard InChI is InChI=1S/C22H32F2N2OSi/c1-6-28(7-2,8-3)27-21(22-16(4)25-15-26-17(22)5)11-9-10-18-12-19(23)14-20(24)13-18/h12-15,21H,6-11H2,1-5H3. The Balaban J connectivity index is 2.23. The van der Waals surface area contributed by atoms with E-state index in [2.05, 4.69) is 30.7 Å². The second-order valence-electron chi connectivity index (χ2n) is 7.48. The van der Waals surface area contributed by atoms with Crippen molar-refractivity contribution in [3.8, 4) is 0 Å². The summed E-state index contributed by atoms with van der Waals surface area (Å²) in [6.07, 6.45) is 3.68. The topological polar surface area (TPSA) is 35.0 Å². The molecule has 1 aromatic carbocycles. The van der Waals surface area contributed by atoms with Gasteiger partial charge < -0.3 is 4.43 Å². The molecule has 2 rings (SSSR count). The Morgan fingerprint density at radius 3 is 1.96 bits per heavy atom. The van der Waals surface area contributed by atoms with Crippen LogP contribution in [0.1, 0.15) is 62.2 Å². The molecule has 0 N–H and O–H groups in total. The van der Waals surface area contributed by atoms with E-state index in [1.165, 1.54) is 12.1 Å². The Hall–Kier alpha value is -1.66. The van der Waals surface area contributed by atoms with E-state index < -0.39 is 20.0 Å². The van der Waals surface area contributed by atoms with Gasteiger partial charge >= 0.3 is 0 Å². The predicted molar refractivity (Wildman–Crippen MR) is 112 cm³/mol. The molecule has 1 aromatic heterocycles. The van der Waals surface area contributed by atoms with E-state index in [-0.39, 0.29) is 6.10 Å². The lowest BCUT2D eigenvalue weighted by Crippen LogP contribution is -2.37. The van der Waals surface area contributed by atoms with Gasteiger partial charge in [-0.3, -0.25) is 0 Å². The highest BCUT2D eigenvalue weighted by atomic mass is 28.4. The monoisotopic (exact) mass is 406 g/mol. The van der Waals surface area contributed by atoms with Crippen molar-refractivity contribution in [2.24, 2.45) is 0 Å². The van der Waals surface area contributed by atoms with Gasteiger partial charge in [0.05, 0.1) is 6.10 Å². The molecule has 0 aliphatic rings. The Bertz CT molecular complexity index is 732. The molecule has 0 aliphatic carbocycles. The molecule has 2 aromatic rings. The molecule has 1 unspecified atom stereocenters. The maximum atomic E-state index is 13.5. The molecule has 0 bridgehead atoms. The average Bonchev–Trinajstić information content (AvgIpc) is 2.65. The van der Waals surface area contributed by atoms with Crippen molar-refractivity contribution in [1.29, 1.82) is 0 Å². The Morgan fingerprint density at radius 1 is 0.929 bits per heavy atom. The molecular weight excluding hydrogens is 374 g/mol. The molecule has 0 amide bonds. The van der Waals surface area contributed by atoms with E-state index in [0.717, 1.165) is 54.0 Å². The maximum Gasteiger partial charge on any atom is 0.192 e. The van der Waals surface area contributed by atoms with E-state index >= 15 is 0 Å². The number of aromatic nitrogens is 2. The largest absolute Gasteiger partial charge is 0.410 e. The molecule has 1 atom stereocenters. The number of aryl methyl sites for hydroxylation is 3. The number of nitrogens with zero attached hydrogens (tertiary/aromatic N) is 2. The van der Waals surface area contributed by atoms with Crippen LogP contribution in [-0.2, 0) is 10.8 Å². The zero-order valence-electron chi connectivity index (χ0n) is 17.7. The summed E-state index contributed by atoms with van der Waals surface area (Å²) in [5.74, 6) is -1.05. The van der Waals surface area contributed by atoms with Crippen molar-refractivity contribution in [1.82, 2.24) is 9.97 Å². The second-order valence-corrected chi connectivity index (χ2v) is 12.2. The fraction of sp³-hybridized carbons (Fsp3) is 0.545. The first-order valence-corrected chi connectivity index (χ1v) is 12.8. The van der Waals surface area contributed by atoms with Crippen LogP contribution in [0, 0.1) is 25.5 Å². The van der Waals surface area contributed by atoms with Gasteiger partial charge in [-0.05, 0) is 68.9 Å². The van der Waals surface area contributed by atoms with E-state index in [0.29, 0.717) is 12.0 Å². The third kappa shape index (κ3) is 5.67. The molecule has 0 radical (unpaired) electrons. The van der Waals surface area contributed by atoms with Crippen LogP contribution in [0.4, 0.5) is 8.78 Å².